The van der Waals surface area contributed by atoms with Crippen LogP contribution in [0.4, 0.5) is 17.2 Å². The maximum absolute atomic E-state index is 10.1. The molecule has 0 spiro atoms. The predicted molar refractivity (Wildman–Crippen MR) is 162 cm³/mol. The molecular formula is C30H36ClN7S. The highest BCUT2D eigenvalue weighted by molar-refractivity contribution is 7.20. The van der Waals surface area contributed by atoms with Gasteiger partial charge >= 0.3 is 0 Å². The highest BCUT2D eigenvalue weighted by Crippen LogP contribution is 2.37. The van der Waals surface area contributed by atoms with E-state index >= 15 is 0 Å². The minimum absolute atomic E-state index is 0.349. The Balaban J connectivity index is 1.60. The van der Waals surface area contributed by atoms with Crippen molar-refractivity contribution in [1.82, 2.24) is 14.8 Å². The molecule has 0 fully saturated rings. The Morgan fingerprint density at radius 2 is 1.79 bits per heavy atom. The number of para-hydroxylation sites is 1. The van der Waals surface area contributed by atoms with E-state index in [1.807, 2.05) is 63.2 Å². The third-order valence-electron chi connectivity index (χ3n) is 6.62. The molecule has 7 nitrogen and oxygen atoms in total. The third-order valence-corrected chi connectivity index (χ3v) is 7.93. The number of benzene rings is 2. The lowest BCUT2D eigenvalue weighted by Crippen LogP contribution is -2.18. The van der Waals surface area contributed by atoms with Crippen molar-refractivity contribution in [1.29, 1.82) is 5.26 Å². The summed E-state index contributed by atoms with van der Waals surface area (Å²) < 4.78 is 2.66. The van der Waals surface area contributed by atoms with Crippen molar-refractivity contribution in [3.8, 4) is 11.2 Å². The highest BCUT2D eigenvalue weighted by Gasteiger charge is 2.29. The van der Waals surface area contributed by atoms with E-state index in [-0.39, 0.29) is 5.41 Å². The third kappa shape index (κ3) is 6.84. The highest BCUT2D eigenvalue weighted by atomic mass is 35.5. The number of rotatable bonds is 11. The first kappa shape index (κ1) is 28.7. The van der Waals surface area contributed by atoms with Crippen molar-refractivity contribution in [2.75, 3.05) is 18.5 Å². The number of fused-ring (bicyclic) bond motifs is 1. The Hall–Kier alpha value is -3.28. The average molecular weight is 562 g/mol. The molecule has 0 bridgehead atoms. The summed E-state index contributed by atoms with van der Waals surface area (Å²) in [6.45, 7) is 9.29. The Bertz CT molecular complexity index is 1460. The van der Waals surface area contributed by atoms with Crippen molar-refractivity contribution in [3.63, 3.8) is 0 Å². The fraction of sp³-hybridized carbons (Fsp3) is 0.433. The van der Waals surface area contributed by atoms with Gasteiger partial charge in [-0.05, 0) is 36.8 Å². The second kappa shape index (κ2) is 12.7. The topological polar surface area (TPSA) is 82.5 Å². The number of aromatic nitrogens is 3. The SMILES string of the molecule is CCCCCCCCN(C)c1ccc(N=Nc2c(C#N)c(C(C)(C)C)nn2-c2nc3ccccc3s2)c(Cl)c1. The van der Waals surface area contributed by atoms with Crippen LogP contribution in [-0.4, -0.2) is 28.4 Å². The smallest absolute Gasteiger partial charge is 0.213 e. The number of nitriles is 1. The van der Waals surface area contributed by atoms with Crippen molar-refractivity contribution in [2.45, 2.75) is 71.6 Å². The van der Waals surface area contributed by atoms with Gasteiger partial charge in [0.2, 0.25) is 5.13 Å². The molecule has 9 heteroatoms. The summed E-state index contributed by atoms with van der Waals surface area (Å²) in [6, 6.07) is 16.0. The first-order chi connectivity index (χ1) is 18.7. The molecule has 0 N–H and O–H groups in total. The van der Waals surface area contributed by atoms with Gasteiger partial charge in [-0.1, -0.05) is 94.9 Å². The molecule has 0 radical (unpaired) electrons. The van der Waals surface area contributed by atoms with E-state index in [0.717, 1.165) is 28.9 Å². The molecule has 4 rings (SSSR count). The van der Waals surface area contributed by atoms with Crippen LogP contribution in [-0.2, 0) is 5.41 Å². The van der Waals surface area contributed by atoms with Gasteiger partial charge in [0.25, 0.3) is 0 Å². The van der Waals surface area contributed by atoms with E-state index in [1.54, 1.807) is 4.68 Å². The lowest BCUT2D eigenvalue weighted by atomic mass is 9.90. The zero-order chi connectivity index (χ0) is 28.0. The van der Waals surface area contributed by atoms with E-state index in [1.165, 1.54) is 43.4 Å². The van der Waals surface area contributed by atoms with E-state index in [0.29, 0.717) is 32.9 Å². The van der Waals surface area contributed by atoms with Crippen LogP contribution < -0.4 is 4.90 Å². The molecule has 0 aliphatic rings. The van der Waals surface area contributed by atoms with Gasteiger partial charge in [-0.25, -0.2) is 4.98 Å². The first-order valence-electron chi connectivity index (χ1n) is 13.5. The second-order valence-corrected chi connectivity index (χ2v) is 12.2. The molecule has 39 heavy (non-hydrogen) atoms. The lowest BCUT2D eigenvalue weighted by molar-refractivity contribution is 0.559. The molecule has 0 aliphatic heterocycles. The standard InChI is InChI=1S/C30H36ClN7S/c1-6-7-8-9-10-13-18-37(5)21-16-17-24(23(31)19-21)34-35-28-22(20-32)27(30(2,3)4)36-38(28)29-33-25-14-11-12-15-26(25)39-29/h11-12,14-17,19H,6-10,13,18H2,1-5H3. The van der Waals surface area contributed by atoms with Gasteiger partial charge < -0.3 is 4.90 Å². The maximum Gasteiger partial charge on any atom is 0.213 e. The van der Waals surface area contributed by atoms with E-state index in [9.17, 15) is 5.26 Å². The number of hydrogen-bond donors (Lipinski definition) is 0. The Labute approximate surface area is 240 Å². The Morgan fingerprint density at radius 1 is 1.05 bits per heavy atom. The van der Waals surface area contributed by atoms with Crippen molar-refractivity contribution in [2.24, 2.45) is 10.2 Å². The maximum atomic E-state index is 10.1. The number of nitrogens with zero attached hydrogens (tertiary/aromatic N) is 7. The number of unbranched alkanes of at least 4 members (excludes halogenated alkanes) is 5. The quantitative estimate of drug-likeness (QED) is 0.135. The second-order valence-electron chi connectivity index (χ2n) is 10.8. The van der Waals surface area contributed by atoms with Crippen LogP contribution >= 0.6 is 22.9 Å². The van der Waals surface area contributed by atoms with E-state index in [2.05, 4.69) is 35.2 Å². The molecule has 0 atom stereocenters. The molecule has 2 aromatic carbocycles. The van der Waals surface area contributed by atoms with Gasteiger partial charge in [0.1, 0.15) is 17.3 Å². The van der Waals surface area contributed by atoms with Crippen LogP contribution in [0.2, 0.25) is 5.02 Å². The van der Waals surface area contributed by atoms with Crippen LogP contribution in [0.25, 0.3) is 15.3 Å². The summed E-state index contributed by atoms with van der Waals surface area (Å²) in [4.78, 5) is 6.96. The molecule has 4 aromatic rings. The summed E-state index contributed by atoms with van der Waals surface area (Å²) >= 11 is 8.14. The van der Waals surface area contributed by atoms with Gasteiger partial charge in [-0.15, -0.1) is 10.2 Å². The van der Waals surface area contributed by atoms with Crippen LogP contribution in [0, 0.1) is 11.3 Å². The van der Waals surface area contributed by atoms with Gasteiger partial charge in [-0.2, -0.15) is 15.0 Å². The summed E-state index contributed by atoms with van der Waals surface area (Å²) in [6.07, 6.45) is 7.58. The summed E-state index contributed by atoms with van der Waals surface area (Å²) in [7, 11) is 2.09. The zero-order valence-corrected chi connectivity index (χ0v) is 25.0. The molecule has 0 aliphatic carbocycles. The molecule has 2 heterocycles. The minimum Gasteiger partial charge on any atom is -0.375 e. The normalized spacial score (nSPS) is 11.9. The Morgan fingerprint density at radius 3 is 2.49 bits per heavy atom. The van der Waals surface area contributed by atoms with E-state index in [4.69, 9.17) is 21.7 Å². The molecule has 0 amide bonds. The summed E-state index contributed by atoms with van der Waals surface area (Å²) in [5.41, 5.74) is 3.12. The molecule has 2 aromatic heterocycles. The molecular weight excluding hydrogens is 526 g/mol. The number of halogens is 1. The van der Waals surface area contributed by atoms with Crippen LogP contribution in [0.3, 0.4) is 0 Å². The van der Waals surface area contributed by atoms with Gasteiger partial charge in [0.05, 0.1) is 20.9 Å². The molecule has 0 unspecified atom stereocenters. The van der Waals surface area contributed by atoms with Crippen molar-refractivity contribution >= 4 is 50.3 Å². The van der Waals surface area contributed by atoms with Gasteiger partial charge in [0, 0.05) is 24.7 Å². The monoisotopic (exact) mass is 561 g/mol. The first-order valence-corrected chi connectivity index (χ1v) is 14.7. The van der Waals surface area contributed by atoms with Crippen LogP contribution in [0.5, 0.6) is 0 Å². The van der Waals surface area contributed by atoms with Crippen LogP contribution in [0.15, 0.2) is 52.7 Å². The van der Waals surface area contributed by atoms with E-state index < -0.39 is 0 Å². The summed E-state index contributed by atoms with van der Waals surface area (Å²) in [5, 5.41) is 25.0. The summed E-state index contributed by atoms with van der Waals surface area (Å²) in [5.74, 6) is 0.349. The van der Waals surface area contributed by atoms with Crippen LogP contribution in [0.1, 0.15) is 77.5 Å². The molecule has 204 valence electrons. The van der Waals surface area contributed by atoms with Crippen molar-refractivity contribution in [3.05, 3.63) is 58.7 Å². The fourth-order valence-electron chi connectivity index (χ4n) is 4.39. The minimum atomic E-state index is -0.364. The molecule has 0 saturated carbocycles. The number of thiazole rings is 1. The largest absolute Gasteiger partial charge is 0.375 e. The number of hydrogen-bond acceptors (Lipinski definition) is 7. The van der Waals surface area contributed by atoms with Gasteiger partial charge in [-0.3, -0.25) is 0 Å². The average Bonchev–Trinajstić information content (AvgIpc) is 3.51. The number of azo groups is 1. The zero-order valence-electron chi connectivity index (χ0n) is 23.4. The molecule has 0 saturated heterocycles. The van der Waals surface area contributed by atoms with Crippen molar-refractivity contribution < 1.29 is 0 Å². The predicted octanol–water partition coefficient (Wildman–Crippen LogP) is 9.52. The number of anilines is 1. The Kier molecular flexibility index (Phi) is 9.36. The lowest BCUT2D eigenvalue weighted by Gasteiger charge is -2.19. The fourth-order valence-corrected chi connectivity index (χ4v) is 5.52. The van der Waals surface area contributed by atoms with Gasteiger partial charge in [0.15, 0.2) is 5.82 Å².